The van der Waals surface area contributed by atoms with Crippen LogP contribution in [0.15, 0.2) is 23.1 Å². The maximum absolute atomic E-state index is 12.8. The summed E-state index contributed by atoms with van der Waals surface area (Å²) >= 11 is 0. The highest BCUT2D eigenvalue weighted by molar-refractivity contribution is 7.89. The number of nitrogens with zero attached hydrogens (tertiary/aromatic N) is 2. The monoisotopic (exact) mass is 324 g/mol. The van der Waals surface area contributed by atoms with Crippen molar-refractivity contribution in [3.8, 4) is 5.75 Å². The molecule has 0 atom stereocenters. The van der Waals surface area contributed by atoms with E-state index >= 15 is 0 Å². The summed E-state index contributed by atoms with van der Waals surface area (Å²) in [6.45, 7) is 2.54. The van der Waals surface area contributed by atoms with Gasteiger partial charge >= 0.3 is 0 Å². The predicted molar refractivity (Wildman–Crippen MR) is 81.2 cm³/mol. The van der Waals surface area contributed by atoms with Crippen LogP contribution < -0.4 is 4.74 Å². The Labute approximate surface area is 130 Å². The number of carbonyl (C=O) groups excluding carboxylic acids is 1. The molecule has 120 valence electrons. The van der Waals surface area contributed by atoms with Crippen molar-refractivity contribution < 1.29 is 17.9 Å². The van der Waals surface area contributed by atoms with Crippen LogP contribution in [0.4, 0.5) is 0 Å². The number of amides is 1. The van der Waals surface area contributed by atoms with Gasteiger partial charge < -0.3 is 9.64 Å². The first-order chi connectivity index (χ1) is 10.4. The SMILES string of the molecule is COc1ccc(C)cc1S(=O)(=O)N1CCN(C2CC2)C(=O)C1. The molecule has 0 unspecified atom stereocenters. The molecule has 1 aliphatic carbocycles. The standard InChI is InChI=1S/C15H20N2O4S/c1-11-3-6-13(21-2)14(9-11)22(19,20)16-7-8-17(12-4-5-12)15(18)10-16/h3,6,9,12H,4-5,7-8,10H2,1-2H3. The van der Waals surface area contributed by atoms with Crippen molar-refractivity contribution in [1.29, 1.82) is 0 Å². The summed E-state index contributed by atoms with van der Waals surface area (Å²) < 4.78 is 32.1. The number of carbonyl (C=O) groups is 1. The van der Waals surface area contributed by atoms with E-state index in [0.717, 1.165) is 18.4 Å². The Morgan fingerprint density at radius 2 is 1.95 bits per heavy atom. The van der Waals surface area contributed by atoms with Crippen LogP contribution in [0.2, 0.25) is 0 Å². The number of methoxy groups -OCH3 is 1. The van der Waals surface area contributed by atoms with Gasteiger partial charge in [-0.1, -0.05) is 6.07 Å². The molecular formula is C15H20N2O4S. The summed E-state index contributed by atoms with van der Waals surface area (Å²) in [7, 11) is -2.28. The zero-order valence-corrected chi connectivity index (χ0v) is 13.6. The summed E-state index contributed by atoms with van der Waals surface area (Å²) in [5, 5.41) is 0. The highest BCUT2D eigenvalue weighted by Gasteiger charge is 2.39. The predicted octanol–water partition coefficient (Wildman–Crippen LogP) is 0.999. The third-order valence-corrected chi connectivity index (χ3v) is 6.01. The van der Waals surface area contributed by atoms with Gasteiger partial charge in [0.2, 0.25) is 15.9 Å². The molecule has 2 aliphatic rings. The summed E-state index contributed by atoms with van der Waals surface area (Å²) in [6.07, 6.45) is 2.06. The molecule has 0 radical (unpaired) electrons. The molecule has 0 aromatic heterocycles. The van der Waals surface area contributed by atoms with E-state index < -0.39 is 10.0 Å². The Morgan fingerprint density at radius 1 is 1.23 bits per heavy atom. The van der Waals surface area contributed by atoms with E-state index in [-0.39, 0.29) is 17.3 Å². The Morgan fingerprint density at radius 3 is 2.55 bits per heavy atom. The molecule has 0 bridgehead atoms. The molecule has 1 heterocycles. The van der Waals surface area contributed by atoms with Gasteiger partial charge in [0.1, 0.15) is 10.6 Å². The van der Waals surface area contributed by atoms with Gasteiger partial charge in [0.25, 0.3) is 0 Å². The van der Waals surface area contributed by atoms with E-state index in [1.165, 1.54) is 11.4 Å². The molecule has 6 nitrogen and oxygen atoms in total. The summed E-state index contributed by atoms with van der Waals surface area (Å²) in [5.41, 5.74) is 0.835. The number of hydrogen-bond donors (Lipinski definition) is 0. The van der Waals surface area contributed by atoms with Crippen molar-refractivity contribution in [3.05, 3.63) is 23.8 Å². The summed E-state index contributed by atoms with van der Waals surface area (Å²) in [5.74, 6) is 0.201. The average molecular weight is 324 g/mol. The van der Waals surface area contributed by atoms with Crippen LogP contribution in [-0.4, -0.2) is 56.3 Å². The molecule has 1 aromatic carbocycles. The largest absolute Gasteiger partial charge is 0.495 e. The lowest BCUT2D eigenvalue weighted by Crippen LogP contribution is -2.52. The quantitative estimate of drug-likeness (QED) is 0.829. The first-order valence-electron chi connectivity index (χ1n) is 7.38. The molecule has 1 amide bonds. The lowest BCUT2D eigenvalue weighted by molar-refractivity contribution is -0.134. The fourth-order valence-corrected chi connectivity index (χ4v) is 4.39. The number of piperazine rings is 1. The first-order valence-corrected chi connectivity index (χ1v) is 8.82. The van der Waals surface area contributed by atoms with Crippen molar-refractivity contribution in [1.82, 2.24) is 9.21 Å². The van der Waals surface area contributed by atoms with Crippen molar-refractivity contribution in [2.24, 2.45) is 0 Å². The smallest absolute Gasteiger partial charge is 0.247 e. The van der Waals surface area contributed by atoms with Gasteiger partial charge in [-0.25, -0.2) is 8.42 Å². The lowest BCUT2D eigenvalue weighted by Gasteiger charge is -2.34. The minimum Gasteiger partial charge on any atom is -0.495 e. The number of sulfonamides is 1. The first kappa shape index (κ1) is 15.3. The van der Waals surface area contributed by atoms with Crippen molar-refractivity contribution in [3.63, 3.8) is 0 Å². The molecule has 0 N–H and O–H groups in total. The normalized spacial score (nSPS) is 20.3. The van der Waals surface area contributed by atoms with Gasteiger partial charge in [-0.3, -0.25) is 4.79 Å². The van der Waals surface area contributed by atoms with Crippen LogP contribution in [0.5, 0.6) is 5.75 Å². The number of benzene rings is 1. The van der Waals surface area contributed by atoms with Gasteiger partial charge in [0.15, 0.2) is 0 Å². The van der Waals surface area contributed by atoms with E-state index in [1.807, 2.05) is 6.92 Å². The molecule has 2 fully saturated rings. The molecule has 0 spiro atoms. The molecule has 3 rings (SSSR count). The molecule has 1 saturated carbocycles. The van der Waals surface area contributed by atoms with Crippen LogP contribution in [0.3, 0.4) is 0 Å². The maximum Gasteiger partial charge on any atom is 0.247 e. The Bertz CT molecular complexity index is 697. The third-order valence-electron chi connectivity index (χ3n) is 4.15. The fourth-order valence-electron chi connectivity index (χ4n) is 2.77. The summed E-state index contributed by atoms with van der Waals surface area (Å²) in [6, 6.07) is 5.36. The highest BCUT2D eigenvalue weighted by atomic mass is 32.2. The van der Waals surface area contributed by atoms with Gasteiger partial charge in [-0.2, -0.15) is 4.31 Å². The number of ether oxygens (including phenoxy) is 1. The van der Waals surface area contributed by atoms with Crippen molar-refractivity contribution in [2.75, 3.05) is 26.7 Å². The topological polar surface area (TPSA) is 66.9 Å². The molecule has 7 heteroatoms. The van der Waals surface area contributed by atoms with E-state index in [4.69, 9.17) is 4.74 Å². The third kappa shape index (κ3) is 2.70. The molecule has 1 saturated heterocycles. The van der Waals surface area contributed by atoms with Crippen molar-refractivity contribution >= 4 is 15.9 Å². The van der Waals surface area contributed by atoms with E-state index in [0.29, 0.717) is 24.9 Å². The van der Waals surface area contributed by atoms with Crippen LogP contribution in [0, 0.1) is 6.92 Å². The Balaban J connectivity index is 1.87. The second-order valence-corrected chi connectivity index (χ2v) is 7.72. The van der Waals surface area contributed by atoms with E-state index in [1.54, 1.807) is 23.1 Å². The van der Waals surface area contributed by atoms with Gasteiger partial charge in [0, 0.05) is 19.1 Å². The minimum absolute atomic E-state index is 0.0874. The zero-order chi connectivity index (χ0) is 15.9. The molecule has 22 heavy (non-hydrogen) atoms. The van der Waals surface area contributed by atoms with Crippen LogP contribution in [-0.2, 0) is 14.8 Å². The minimum atomic E-state index is -3.73. The zero-order valence-electron chi connectivity index (χ0n) is 12.8. The second-order valence-electron chi connectivity index (χ2n) is 5.81. The van der Waals surface area contributed by atoms with Crippen LogP contribution >= 0.6 is 0 Å². The average Bonchev–Trinajstić information content (AvgIpc) is 3.31. The Hall–Kier alpha value is -1.60. The number of hydrogen-bond acceptors (Lipinski definition) is 4. The fraction of sp³-hybridized carbons (Fsp3) is 0.533. The number of aryl methyl sites for hydroxylation is 1. The second kappa shape index (κ2) is 5.55. The Kier molecular flexibility index (Phi) is 3.86. The van der Waals surface area contributed by atoms with Crippen LogP contribution in [0.25, 0.3) is 0 Å². The maximum atomic E-state index is 12.8. The van der Waals surface area contributed by atoms with E-state index in [9.17, 15) is 13.2 Å². The molecule has 1 aromatic rings. The van der Waals surface area contributed by atoms with Gasteiger partial charge in [-0.05, 0) is 37.5 Å². The van der Waals surface area contributed by atoms with E-state index in [2.05, 4.69) is 0 Å². The van der Waals surface area contributed by atoms with Gasteiger partial charge in [-0.15, -0.1) is 0 Å². The lowest BCUT2D eigenvalue weighted by atomic mass is 10.2. The summed E-state index contributed by atoms with van der Waals surface area (Å²) in [4.78, 5) is 14.1. The van der Waals surface area contributed by atoms with Gasteiger partial charge in [0.05, 0.1) is 13.7 Å². The van der Waals surface area contributed by atoms with Crippen molar-refractivity contribution in [2.45, 2.75) is 30.7 Å². The highest BCUT2D eigenvalue weighted by Crippen LogP contribution is 2.31. The molecule has 1 aliphatic heterocycles. The number of rotatable bonds is 4. The van der Waals surface area contributed by atoms with Crippen LogP contribution in [0.1, 0.15) is 18.4 Å². The molecular weight excluding hydrogens is 304 g/mol.